The van der Waals surface area contributed by atoms with E-state index in [9.17, 15) is 27.7 Å². The Labute approximate surface area is 86.6 Å². The van der Waals surface area contributed by atoms with E-state index in [0.29, 0.717) is 0 Å². The van der Waals surface area contributed by atoms with E-state index in [1.54, 1.807) is 0 Å². The Morgan fingerprint density at radius 2 is 1.88 bits per heavy atom. The molecule has 1 aromatic carbocycles. The lowest BCUT2D eigenvalue weighted by atomic mass is 10.3. The van der Waals surface area contributed by atoms with Crippen LogP contribution in [0.25, 0.3) is 0 Å². The maximum absolute atomic E-state index is 12.5. The lowest BCUT2D eigenvalue weighted by molar-refractivity contribution is -0.386. The molecule has 0 aliphatic carbocycles. The quantitative estimate of drug-likeness (QED) is 0.463. The highest BCUT2D eigenvalue weighted by molar-refractivity contribution is 5.45. The first-order valence-corrected chi connectivity index (χ1v) is 3.93. The molecular weight excluding hydrogens is 234 g/mol. The third-order valence-corrected chi connectivity index (χ3v) is 1.55. The molecule has 1 rings (SSSR count). The fourth-order valence-electron chi connectivity index (χ4n) is 0.886. The zero-order chi connectivity index (χ0) is 12.3. The highest BCUT2D eigenvalue weighted by Gasteiger charge is 2.43. The molecule has 0 heterocycles. The molecule has 0 aliphatic rings. The van der Waals surface area contributed by atoms with Gasteiger partial charge in [0, 0.05) is 6.07 Å². The summed E-state index contributed by atoms with van der Waals surface area (Å²) in [4.78, 5) is 9.41. The van der Waals surface area contributed by atoms with Gasteiger partial charge in [-0.05, 0) is 6.07 Å². The van der Waals surface area contributed by atoms with Crippen molar-refractivity contribution in [2.75, 3.05) is 0 Å². The number of rotatable bonds is 3. The predicted molar refractivity (Wildman–Crippen MR) is 44.7 cm³/mol. The molecule has 1 aromatic rings. The molecule has 0 aromatic heterocycles. The highest BCUT2D eigenvalue weighted by Crippen LogP contribution is 2.31. The minimum absolute atomic E-state index is 0.727. The summed E-state index contributed by atoms with van der Waals surface area (Å²) in [6.45, 7) is 0. The van der Waals surface area contributed by atoms with Gasteiger partial charge in [0.1, 0.15) is 0 Å². The molecule has 0 aliphatic heterocycles. The van der Waals surface area contributed by atoms with Crippen LogP contribution in [0, 0.1) is 10.1 Å². The number of nitrogens with zero attached hydrogens (tertiary/aromatic N) is 1. The Bertz CT molecular complexity index is 393. The van der Waals surface area contributed by atoms with E-state index in [-0.39, 0.29) is 0 Å². The van der Waals surface area contributed by atoms with Gasteiger partial charge in [-0.1, -0.05) is 12.1 Å². The number of benzene rings is 1. The van der Waals surface area contributed by atoms with Gasteiger partial charge in [-0.2, -0.15) is 17.6 Å². The smallest absolute Gasteiger partial charge is 0.445 e. The maximum atomic E-state index is 12.5. The molecule has 0 amide bonds. The second-order valence-corrected chi connectivity index (χ2v) is 2.70. The number of halogens is 4. The van der Waals surface area contributed by atoms with Crippen molar-refractivity contribution < 1.29 is 27.2 Å². The lowest BCUT2D eigenvalue weighted by Gasteiger charge is -2.13. The molecule has 0 bridgehead atoms. The van der Waals surface area contributed by atoms with E-state index in [4.69, 9.17) is 0 Å². The normalized spacial score (nSPS) is 13.2. The topological polar surface area (TPSA) is 52.4 Å². The third-order valence-electron chi connectivity index (χ3n) is 1.55. The van der Waals surface area contributed by atoms with Crippen LogP contribution in [0.4, 0.5) is 23.2 Å². The zero-order valence-corrected chi connectivity index (χ0v) is 7.57. The van der Waals surface area contributed by atoms with E-state index >= 15 is 0 Å². The van der Waals surface area contributed by atoms with Crippen molar-refractivity contribution in [1.82, 2.24) is 0 Å². The van der Waals surface area contributed by atoms with E-state index in [1.807, 2.05) is 0 Å². The molecule has 16 heavy (non-hydrogen) atoms. The summed E-state index contributed by atoms with van der Waals surface area (Å²) >= 11 is 0. The minimum Gasteiger partial charge on any atom is -0.445 e. The van der Waals surface area contributed by atoms with Crippen molar-refractivity contribution in [2.24, 2.45) is 0 Å². The number of nitro benzene ring substituents is 1. The molecule has 0 spiro atoms. The number of alkyl halides is 4. The number of nitro groups is 1. The van der Waals surface area contributed by atoms with Gasteiger partial charge in [-0.25, -0.2) is 0 Å². The van der Waals surface area contributed by atoms with Crippen LogP contribution in [-0.2, 0) is 0 Å². The molecule has 88 valence electrons. The first-order chi connectivity index (χ1) is 7.32. The van der Waals surface area contributed by atoms with E-state index in [1.165, 1.54) is 12.1 Å². The number of para-hydroxylation sites is 2. The fourth-order valence-corrected chi connectivity index (χ4v) is 0.886. The van der Waals surface area contributed by atoms with E-state index < -0.39 is 28.9 Å². The van der Waals surface area contributed by atoms with E-state index in [0.717, 1.165) is 12.1 Å². The number of ether oxygens (including phenoxy) is 1. The third kappa shape index (κ3) is 2.81. The first kappa shape index (κ1) is 12.2. The number of hydrogen-bond acceptors (Lipinski definition) is 3. The number of hydrogen-bond donors (Lipinski definition) is 0. The summed E-state index contributed by atoms with van der Waals surface area (Å²) in [6.07, 6.45) is -8.81. The van der Waals surface area contributed by atoms with Crippen LogP contribution in [0.2, 0.25) is 0 Å². The van der Waals surface area contributed by atoms with Crippen molar-refractivity contribution in [3.63, 3.8) is 0 Å². The largest absolute Gasteiger partial charge is 0.457 e. The molecule has 0 fully saturated rings. The second kappa shape index (κ2) is 4.33. The Hall–Kier alpha value is -1.86. The summed E-state index contributed by atoms with van der Waals surface area (Å²) in [5, 5.41) is 10.4. The lowest BCUT2D eigenvalue weighted by Crippen LogP contribution is -2.30. The van der Waals surface area contributed by atoms with Gasteiger partial charge < -0.3 is 4.74 Å². The van der Waals surface area contributed by atoms with Crippen molar-refractivity contribution in [3.05, 3.63) is 34.4 Å². The standard InChI is InChI=1S/C8H5F4NO3/c9-7(8(10,11)12)16-6-4-2-1-3-5(6)13(14)15/h1-4,7H. The Morgan fingerprint density at radius 3 is 2.38 bits per heavy atom. The predicted octanol–water partition coefficient (Wildman–Crippen LogP) is 2.83. The Kier molecular flexibility index (Phi) is 3.31. The van der Waals surface area contributed by atoms with Gasteiger partial charge in [-0.15, -0.1) is 0 Å². The van der Waals surface area contributed by atoms with Crippen molar-refractivity contribution in [1.29, 1.82) is 0 Å². The Morgan fingerprint density at radius 1 is 1.31 bits per heavy atom. The van der Waals surface area contributed by atoms with Crippen LogP contribution < -0.4 is 4.74 Å². The summed E-state index contributed by atoms with van der Waals surface area (Å²) < 4.78 is 51.7. The van der Waals surface area contributed by atoms with Gasteiger partial charge in [-0.3, -0.25) is 10.1 Å². The second-order valence-electron chi connectivity index (χ2n) is 2.70. The summed E-state index contributed by atoms with van der Waals surface area (Å²) in [5.41, 5.74) is -0.727. The van der Waals surface area contributed by atoms with Gasteiger partial charge in [0.15, 0.2) is 0 Å². The van der Waals surface area contributed by atoms with Crippen LogP contribution in [0.1, 0.15) is 0 Å². The van der Waals surface area contributed by atoms with Crippen molar-refractivity contribution in [3.8, 4) is 5.75 Å². The molecule has 4 nitrogen and oxygen atoms in total. The fraction of sp³-hybridized carbons (Fsp3) is 0.250. The van der Waals surface area contributed by atoms with Gasteiger partial charge >= 0.3 is 18.2 Å². The molecule has 1 unspecified atom stereocenters. The zero-order valence-electron chi connectivity index (χ0n) is 7.57. The van der Waals surface area contributed by atoms with Gasteiger partial charge in [0.05, 0.1) is 4.92 Å². The molecule has 8 heteroatoms. The molecular formula is C8H5F4NO3. The van der Waals surface area contributed by atoms with Crippen LogP contribution >= 0.6 is 0 Å². The van der Waals surface area contributed by atoms with Gasteiger partial charge in [0.2, 0.25) is 5.75 Å². The van der Waals surface area contributed by atoms with Crippen molar-refractivity contribution >= 4 is 5.69 Å². The molecule has 0 N–H and O–H groups in total. The summed E-state index contributed by atoms with van der Waals surface area (Å²) in [7, 11) is 0. The summed E-state index contributed by atoms with van der Waals surface area (Å²) in [6, 6.07) is 4.23. The van der Waals surface area contributed by atoms with Crippen LogP contribution in [0.3, 0.4) is 0 Å². The van der Waals surface area contributed by atoms with Crippen LogP contribution in [-0.4, -0.2) is 17.5 Å². The van der Waals surface area contributed by atoms with Crippen LogP contribution in [0.15, 0.2) is 24.3 Å². The molecule has 0 radical (unpaired) electrons. The summed E-state index contributed by atoms with van der Waals surface area (Å²) in [5.74, 6) is -0.766. The Balaban J connectivity index is 2.93. The molecule has 0 saturated carbocycles. The minimum atomic E-state index is -5.22. The van der Waals surface area contributed by atoms with Crippen molar-refractivity contribution in [2.45, 2.75) is 12.5 Å². The average Bonchev–Trinajstić information content (AvgIpc) is 2.16. The monoisotopic (exact) mass is 239 g/mol. The first-order valence-electron chi connectivity index (χ1n) is 3.93. The SMILES string of the molecule is O=[N+]([O-])c1ccccc1OC(F)C(F)(F)F. The average molecular weight is 239 g/mol. The van der Waals surface area contributed by atoms with Gasteiger partial charge in [0.25, 0.3) is 0 Å². The highest BCUT2D eigenvalue weighted by atomic mass is 19.4. The van der Waals surface area contributed by atoms with E-state index in [2.05, 4.69) is 4.74 Å². The molecule has 0 saturated heterocycles. The van der Waals surface area contributed by atoms with Crippen LogP contribution in [0.5, 0.6) is 5.75 Å². The molecule has 1 atom stereocenters. The maximum Gasteiger partial charge on any atom is 0.457 e.